The van der Waals surface area contributed by atoms with Gasteiger partial charge in [-0.2, -0.15) is 10.2 Å². The number of anilines is 1. The van der Waals surface area contributed by atoms with E-state index in [1.807, 2.05) is 0 Å². The van der Waals surface area contributed by atoms with Gasteiger partial charge in [0.05, 0.1) is 42.7 Å². The van der Waals surface area contributed by atoms with Crippen LogP contribution in [0.4, 0.5) is 18.9 Å². The van der Waals surface area contributed by atoms with Crippen molar-refractivity contribution in [3.63, 3.8) is 0 Å². The molecule has 1 aromatic heterocycles. The van der Waals surface area contributed by atoms with Gasteiger partial charge in [-0.25, -0.2) is 13.2 Å². The van der Waals surface area contributed by atoms with E-state index in [1.165, 1.54) is 32.4 Å². The van der Waals surface area contributed by atoms with E-state index in [0.717, 1.165) is 6.07 Å². The number of carbonyl (C=O) groups is 1. The van der Waals surface area contributed by atoms with Gasteiger partial charge in [0.2, 0.25) is 5.91 Å². The number of fused-ring (bicyclic) bond motifs is 1. The summed E-state index contributed by atoms with van der Waals surface area (Å²) in [5.74, 6) is -0.00910. The van der Waals surface area contributed by atoms with Crippen LogP contribution in [-0.2, 0) is 4.79 Å². The largest absolute Gasteiger partial charge is 0.493 e. The van der Waals surface area contributed by atoms with E-state index in [9.17, 15) is 18.0 Å². The van der Waals surface area contributed by atoms with Crippen LogP contribution in [0.1, 0.15) is 43.9 Å². The van der Waals surface area contributed by atoms with Gasteiger partial charge in [0.25, 0.3) is 6.43 Å². The van der Waals surface area contributed by atoms with Gasteiger partial charge in [0.15, 0.2) is 11.5 Å². The van der Waals surface area contributed by atoms with Crippen molar-refractivity contribution < 1.29 is 27.4 Å². The standard InChI is InChI=1S/C24H25F3N4O3/c1-13(16-5-4-6-17(23(16)25)24(26)27)29-20-11-28-30-19-10-21(33-3)22(9-18(19)20)34-15-7-8-31(12-15)14(2)32/h4-6,9-11,13,15,24H,7-8,12H2,1-3H3,(H,29,30)/t13-,15+/m1/s1. The average molecular weight is 474 g/mol. The fourth-order valence-electron chi connectivity index (χ4n) is 4.11. The van der Waals surface area contributed by atoms with Crippen molar-refractivity contribution in [2.75, 3.05) is 25.5 Å². The quantitative estimate of drug-likeness (QED) is 0.526. The molecular weight excluding hydrogens is 449 g/mol. The van der Waals surface area contributed by atoms with E-state index in [1.54, 1.807) is 24.0 Å². The molecule has 180 valence electrons. The number of alkyl halides is 2. The van der Waals surface area contributed by atoms with Crippen LogP contribution in [-0.4, -0.2) is 47.3 Å². The maximum Gasteiger partial charge on any atom is 0.266 e. The summed E-state index contributed by atoms with van der Waals surface area (Å²) in [6.07, 6.45) is -0.919. The van der Waals surface area contributed by atoms with Crippen molar-refractivity contribution in [1.82, 2.24) is 15.1 Å². The second kappa shape index (κ2) is 9.74. The first-order valence-electron chi connectivity index (χ1n) is 10.9. The Balaban J connectivity index is 1.64. The molecule has 1 aliphatic rings. The zero-order valence-electron chi connectivity index (χ0n) is 19.0. The molecule has 2 aromatic carbocycles. The third-order valence-corrected chi connectivity index (χ3v) is 5.94. The molecule has 34 heavy (non-hydrogen) atoms. The van der Waals surface area contributed by atoms with Crippen LogP contribution in [0.2, 0.25) is 0 Å². The van der Waals surface area contributed by atoms with Gasteiger partial charge >= 0.3 is 0 Å². The predicted molar refractivity (Wildman–Crippen MR) is 121 cm³/mol. The van der Waals surface area contributed by atoms with Crippen molar-refractivity contribution in [3.05, 3.63) is 53.5 Å². The Hall–Kier alpha value is -3.56. The molecule has 0 saturated carbocycles. The Kier molecular flexibility index (Phi) is 6.76. The number of nitrogens with zero attached hydrogens (tertiary/aromatic N) is 3. The number of rotatable bonds is 7. The van der Waals surface area contributed by atoms with Crippen LogP contribution in [0.25, 0.3) is 10.9 Å². The van der Waals surface area contributed by atoms with Crippen molar-refractivity contribution in [2.45, 2.75) is 38.8 Å². The second-order valence-corrected chi connectivity index (χ2v) is 8.19. The number of likely N-dealkylation sites (tertiary alicyclic amines) is 1. The Bertz CT molecular complexity index is 1210. The molecule has 3 aromatic rings. The molecule has 2 heterocycles. The van der Waals surface area contributed by atoms with E-state index in [0.29, 0.717) is 47.6 Å². The topological polar surface area (TPSA) is 76.6 Å². The summed E-state index contributed by atoms with van der Waals surface area (Å²) in [5.41, 5.74) is 0.520. The van der Waals surface area contributed by atoms with Crippen molar-refractivity contribution >= 4 is 22.5 Å². The van der Waals surface area contributed by atoms with E-state index >= 15 is 0 Å². The highest BCUT2D eigenvalue weighted by Crippen LogP contribution is 2.37. The van der Waals surface area contributed by atoms with Crippen LogP contribution >= 0.6 is 0 Å². The summed E-state index contributed by atoms with van der Waals surface area (Å²) in [5, 5.41) is 11.9. The van der Waals surface area contributed by atoms with E-state index in [2.05, 4.69) is 15.5 Å². The van der Waals surface area contributed by atoms with E-state index in [4.69, 9.17) is 9.47 Å². The van der Waals surface area contributed by atoms with Crippen LogP contribution in [0.5, 0.6) is 11.5 Å². The number of ether oxygens (including phenoxy) is 2. The normalized spacial score (nSPS) is 16.7. The highest BCUT2D eigenvalue weighted by molar-refractivity contribution is 5.93. The summed E-state index contributed by atoms with van der Waals surface area (Å²) < 4.78 is 52.5. The Morgan fingerprint density at radius 1 is 1.24 bits per heavy atom. The molecule has 1 saturated heterocycles. The third-order valence-electron chi connectivity index (χ3n) is 5.94. The number of hydrogen-bond acceptors (Lipinski definition) is 6. The van der Waals surface area contributed by atoms with Crippen molar-refractivity contribution in [1.29, 1.82) is 0 Å². The highest BCUT2D eigenvalue weighted by atomic mass is 19.3. The molecule has 10 heteroatoms. The molecule has 0 aliphatic carbocycles. The molecule has 1 fully saturated rings. The zero-order valence-corrected chi connectivity index (χ0v) is 19.0. The number of hydrogen-bond donors (Lipinski definition) is 1. The Morgan fingerprint density at radius 3 is 2.68 bits per heavy atom. The fraction of sp³-hybridized carbons (Fsp3) is 0.375. The molecule has 0 spiro atoms. The smallest absolute Gasteiger partial charge is 0.266 e. The number of halogens is 3. The lowest BCUT2D eigenvalue weighted by Crippen LogP contribution is -2.28. The summed E-state index contributed by atoms with van der Waals surface area (Å²) in [7, 11) is 1.51. The number of aromatic nitrogens is 2. The van der Waals surface area contributed by atoms with Crippen molar-refractivity contribution in [3.8, 4) is 11.5 Å². The van der Waals surface area contributed by atoms with Crippen LogP contribution < -0.4 is 14.8 Å². The summed E-state index contributed by atoms with van der Waals surface area (Å²) >= 11 is 0. The molecule has 0 radical (unpaired) electrons. The van der Waals surface area contributed by atoms with Gasteiger partial charge in [-0.05, 0) is 13.0 Å². The first-order chi connectivity index (χ1) is 16.3. The Morgan fingerprint density at radius 2 is 2.00 bits per heavy atom. The first-order valence-corrected chi connectivity index (χ1v) is 10.9. The molecule has 4 rings (SSSR count). The molecule has 1 amide bonds. The maximum atomic E-state index is 14.7. The molecule has 0 unspecified atom stereocenters. The van der Waals surface area contributed by atoms with Crippen LogP contribution in [0.15, 0.2) is 36.5 Å². The van der Waals surface area contributed by atoms with E-state index in [-0.39, 0.29) is 17.6 Å². The number of methoxy groups -OCH3 is 1. The number of benzene rings is 2. The SMILES string of the molecule is COc1cc2nncc(N[C@H](C)c3cccc(C(F)F)c3F)c2cc1O[C@H]1CCN(C(C)=O)C1. The lowest BCUT2D eigenvalue weighted by molar-refractivity contribution is -0.128. The van der Waals surface area contributed by atoms with Gasteiger partial charge in [0.1, 0.15) is 11.9 Å². The summed E-state index contributed by atoms with van der Waals surface area (Å²) in [4.78, 5) is 13.4. The first kappa shape index (κ1) is 23.6. The molecule has 1 aliphatic heterocycles. The number of carbonyl (C=O) groups excluding carboxylic acids is 1. The van der Waals surface area contributed by atoms with Crippen molar-refractivity contribution in [2.24, 2.45) is 0 Å². The lowest BCUT2D eigenvalue weighted by atomic mass is 10.0. The van der Waals surface area contributed by atoms with Gasteiger partial charge in [-0.15, -0.1) is 0 Å². The minimum atomic E-state index is -2.91. The van der Waals surface area contributed by atoms with Gasteiger partial charge in [-0.3, -0.25) is 4.79 Å². The number of amides is 1. The summed E-state index contributed by atoms with van der Waals surface area (Å²) in [6.45, 7) is 4.30. The molecule has 2 atom stereocenters. The van der Waals surface area contributed by atoms with Crippen LogP contribution in [0, 0.1) is 5.82 Å². The maximum absolute atomic E-state index is 14.7. The minimum Gasteiger partial charge on any atom is -0.493 e. The lowest BCUT2D eigenvalue weighted by Gasteiger charge is -2.20. The fourth-order valence-corrected chi connectivity index (χ4v) is 4.11. The minimum absolute atomic E-state index is 0.00420. The molecule has 0 bridgehead atoms. The molecule has 7 nitrogen and oxygen atoms in total. The zero-order chi connectivity index (χ0) is 24.4. The van der Waals surface area contributed by atoms with Gasteiger partial charge in [0, 0.05) is 36.9 Å². The Labute approximate surface area is 194 Å². The molecular formula is C24H25F3N4O3. The van der Waals surface area contributed by atoms with Gasteiger partial charge < -0.3 is 19.7 Å². The number of nitrogens with one attached hydrogen (secondary N) is 1. The second-order valence-electron chi connectivity index (χ2n) is 8.19. The van der Waals surface area contributed by atoms with Crippen LogP contribution in [0.3, 0.4) is 0 Å². The third kappa shape index (κ3) is 4.71. The molecule has 1 N–H and O–H groups in total. The van der Waals surface area contributed by atoms with E-state index < -0.39 is 23.8 Å². The summed E-state index contributed by atoms with van der Waals surface area (Å²) in [6, 6.07) is 6.75. The monoisotopic (exact) mass is 474 g/mol. The average Bonchev–Trinajstić information content (AvgIpc) is 3.28. The predicted octanol–water partition coefficient (Wildman–Crippen LogP) is 4.89. The van der Waals surface area contributed by atoms with Gasteiger partial charge in [-0.1, -0.05) is 18.2 Å². The highest BCUT2D eigenvalue weighted by Gasteiger charge is 2.27.